The fraction of sp³-hybridized carbons (Fsp3) is 0.583. The molecule has 1 fully saturated rings. The van der Waals surface area contributed by atoms with Crippen molar-refractivity contribution in [1.82, 2.24) is 10.3 Å². The number of aromatic nitrogens is 1. The summed E-state index contributed by atoms with van der Waals surface area (Å²) in [5.74, 6) is 0.462. The normalized spacial score (nSPS) is 19.2. The Morgan fingerprint density at radius 1 is 1.68 bits per heavy atom. The van der Waals surface area contributed by atoms with Crippen LogP contribution in [0.2, 0.25) is 0 Å². The number of rotatable bonds is 4. The molecule has 1 aromatic heterocycles. The molecule has 2 rings (SSSR count). The van der Waals surface area contributed by atoms with Crippen LogP contribution in [0.4, 0.5) is 11.5 Å². The van der Waals surface area contributed by atoms with Gasteiger partial charge >= 0.3 is 5.69 Å². The van der Waals surface area contributed by atoms with Crippen molar-refractivity contribution in [2.75, 3.05) is 24.5 Å². The summed E-state index contributed by atoms with van der Waals surface area (Å²) in [4.78, 5) is 17.1. The number of anilines is 1. The first kappa shape index (κ1) is 14.2. The van der Waals surface area contributed by atoms with E-state index in [0.29, 0.717) is 16.8 Å². The molecule has 1 unspecified atom stereocenters. The maximum atomic E-state index is 11.2. The van der Waals surface area contributed by atoms with Gasteiger partial charge in [0.15, 0.2) is 0 Å². The van der Waals surface area contributed by atoms with E-state index in [4.69, 9.17) is 0 Å². The molecule has 1 N–H and O–H groups in total. The minimum absolute atomic E-state index is 0.0572. The minimum atomic E-state index is -0.369. The number of piperidine rings is 1. The van der Waals surface area contributed by atoms with Crippen molar-refractivity contribution in [1.29, 1.82) is 0 Å². The Hall–Kier alpha value is -1.21. The molecule has 6 nitrogen and oxygen atoms in total. The molecule has 1 aliphatic rings. The Labute approximate surface area is 120 Å². The average Bonchev–Trinajstić information content (AvgIpc) is 2.42. The van der Waals surface area contributed by atoms with Gasteiger partial charge in [0, 0.05) is 35.9 Å². The van der Waals surface area contributed by atoms with Gasteiger partial charge in [-0.05, 0) is 42.2 Å². The number of likely N-dealkylation sites (N-methyl/N-ethyl adjacent to an activating group) is 1. The van der Waals surface area contributed by atoms with E-state index in [1.165, 1.54) is 6.07 Å². The highest BCUT2D eigenvalue weighted by atomic mass is 79.9. The predicted octanol–water partition coefficient (Wildman–Crippen LogP) is 2.33. The summed E-state index contributed by atoms with van der Waals surface area (Å²) in [5.41, 5.74) is 0.0572. The van der Waals surface area contributed by atoms with Crippen LogP contribution in [0.25, 0.3) is 0 Å². The zero-order valence-electron chi connectivity index (χ0n) is 10.8. The van der Waals surface area contributed by atoms with Crippen LogP contribution in [0.15, 0.2) is 16.7 Å². The second-order valence-corrected chi connectivity index (χ2v) is 5.46. The molecule has 0 spiro atoms. The second kappa shape index (κ2) is 6.29. The first-order valence-electron chi connectivity index (χ1n) is 6.40. The molecular formula is C12H17BrN4O2. The van der Waals surface area contributed by atoms with E-state index in [9.17, 15) is 10.1 Å². The third-order valence-electron chi connectivity index (χ3n) is 3.33. The van der Waals surface area contributed by atoms with Crippen molar-refractivity contribution in [3.8, 4) is 0 Å². The van der Waals surface area contributed by atoms with Crippen molar-refractivity contribution < 1.29 is 4.92 Å². The molecular weight excluding hydrogens is 312 g/mol. The monoisotopic (exact) mass is 328 g/mol. The summed E-state index contributed by atoms with van der Waals surface area (Å²) >= 11 is 3.23. The molecule has 0 amide bonds. The van der Waals surface area contributed by atoms with Crippen LogP contribution >= 0.6 is 15.9 Å². The summed E-state index contributed by atoms with van der Waals surface area (Å²) in [7, 11) is 0. The maximum absolute atomic E-state index is 11.2. The van der Waals surface area contributed by atoms with Gasteiger partial charge in [-0.3, -0.25) is 10.1 Å². The molecule has 0 bridgehead atoms. The smallest absolute Gasteiger partial charge is 0.312 e. The molecule has 0 aromatic carbocycles. The molecule has 1 atom stereocenters. The van der Waals surface area contributed by atoms with Crippen LogP contribution in [-0.2, 0) is 0 Å². The summed E-state index contributed by atoms with van der Waals surface area (Å²) in [6, 6.07) is 1.78. The summed E-state index contributed by atoms with van der Waals surface area (Å²) in [6.07, 6.45) is 3.74. The van der Waals surface area contributed by atoms with E-state index in [1.807, 2.05) is 11.8 Å². The van der Waals surface area contributed by atoms with Gasteiger partial charge in [-0.25, -0.2) is 4.98 Å². The zero-order chi connectivity index (χ0) is 13.8. The number of hydrogen-bond acceptors (Lipinski definition) is 5. The highest BCUT2D eigenvalue weighted by Gasteiger charge is 2.27. The number of nitrogens with one attached hydrogen (secondary N) is 1. The van der Waals surface area contributed by atoms with E-state index in [-0.39, 0.29) is 16.7 Å². The lowest BCUT2D eigenvalue weighted by Gasteiger charge is -2.34. The predicted molar refractivity (Wildman–Crippen MR) is 77.5 cm³/mol. The molecule has 7 heteroatoms. The van der Waals surface area contributed by atoms with E-state index >= 15 is 0 Å². The van der Waals surface area contributed by atoms with Gasteiger partial charge in [-0.2, -0.15) is 0 Å². The lowest BCUT2D eigenvalue weighted by molar-refractivity contribution is -0.384. The second-order valence-electron chi connectivity index (χ2n) is 4.54. The van der Waals surface area contributed by atoms with E-state index in [2.05, 4.69) is 26.2 Å². The Kier molecular flexibility index (Phi) is 4.71. The Morgan fingerprint density at radius 2 is 2.47 bits per heavy atom. The van der Waals surface area contributed by atoms with Crippen molar-refractivity contribution in [3.05, 3.63) is 26.9 Å². The molecule has 0 saturated carbocycles. The van der Waals surface area contributed by atoms with E-state index in [0.717, 1.165) is 25.9 Å². The fourth-order valence-corrected chi connectivity index (χ4v) is 2.78. The number of pyridine rings is 1. The highest BCUT2D eigenvalue weighted by molar-refractivity contribution is 9.10. The van der Waals surface area contributed by atoms with Crippen molar-refractivity contribution in [2.24, 2.45) is 0 Å². The molecule has 1 aliphatic heterocycles. The third kappa shape index (κ3) is 3.22. The van der Waals surface area contributed by atoms with Gasteiger partial charge < -0.3 is 10.2 Å². The van der Waals surface area contributed by atoms with Crippen LogP contribution in [0, 0.1) is 10.1 Å². The van der Waals surface area contributed by atoms with Gasteiger partial charge in [0.2, 0.25) is 5.82 Å². The zero-order valence-corrected chi connectivity index (χ0v) is 12.4. The number of nitrogens with zero attached hydrogens (tertiary/aromatic N) is 3. The molecule has 1 aromatic rings. The van der Waals surface area contributed by atoms with Gasteiger partial charge in [-0.15, -0.1) is 0 Å². The van der Waals surface area contributed by atoms with Crippen LogP contribution in [-0.4, -0.2) is 35.6 Å². The number of nitro groups is 1. The Bertz CT molecular complexity index is 463. The van der Waals surface area contributed by atoms with Crippen LogP contribution < -0.4 is 10.2 Å². The molecule has 104 valence electrons. The standard InChI is InChI=1S/C12H17BrN4O2/c1-2-16(10-4-3-5-14-8-10)12-11(17(18)19)6-9(13)7-15-12/h6-7,10,14H,2-5,8H2,1H3. The van der Waals surface area contributed by atoms with Crippen LogP contribution in [0.3, 0.4) is 0 Å². The largest absolute Gasteiger partial charge is 0.347 e. The van der Waals surface area contributed by atoms with Gasteiger partial charge in [0.05, 0.1) is 4.92 Å². The highest BCUT2D eigenvalue weighted by Crippen LogP contribution is 2.30. The first-order valence-corrected chi connectivity index (χ1v) is 7.20. The molecule has 1 saturated heterocycles. The van der Waals surface area contributed by atoms with Crippen LogP contribution in [0.5, 0.6) is 0 Å². The summed E-state index contributed by atoms with van der Waals surface area (Å²) < 4.78 is 0.626. The van der Waals surface area contributed by atoms with Gasteiger partial charge in [0.25, 0.3) is 0 Å². The molecule has 2 heterocycles. The fourth-order valence-electron chi connectivity index (χ4n) is 2.46. The van der Waals surface area contributed by atoms with Crippen molar-refractivity contribution in [2.45, 2.75) is 25.8 Å². The number of halogens is 1. The van der Waals surface area contributed by atoms with Gasteiger partial charge in [0.1, 0.15) is 0 Å². The van der Waals surface area contributed by atoms with Crippen molar-refractivity contribution in [3.63, 3.8) is 0 Å². The Balaban J connectivity index is 2.34. The maximum Gasteiger partial charge on any atom is 0.312 e. The topological polar surface area (TPSA) is 71.3 Å². The SMILES string of the molecule is CCN(c1ncc(Br)cc1[N+](=O)[O-])C1CCCNC1. The summed E-state index contributed by atoms with van der Waals surface area (Å²) in [6.45, 7) is 4.58. The Morgan fingerprint density at radius 3 is 3.05 bits per heavy atom. The lowest BCUT2D eigenvalue weighted by Crippen LogP contribution is -2.46. The van der Waals surface area contributed by atoms with Gasteiger partial charge in [-0.1, -0.05) is 0 Å². The molecule has 0 aliphatic carbocycles. The quantitative estimate of drug-likeness (QED) is 0.678. The first-order chi connectivity index (χ1) is 9.13. The van der Waals surface area contributed by atoms with Crippen molar-refractivity contribution >= 4 is 27.4 Å². The van der Waals surface area contributed by atoms with E-state index < -0.39 is 0 Å². The minimum Gasteiger partial charge on any atom is -0.347 e. The average molecular weight is 329 g/mol. The third-order valence-corrected chi connectivity index (χ3v) is 3.77. The number of hydrogen-bond donors (Lipinski definition) is 1. The van der Waals surface area contributed by atoms with E-state index in [1.54, 1.807) is 6.20 Å². The molecule has 19 heavy (non-hydrogen) atoms. The summed E-state index contributed by atoms with van der Waals surface area (Å²) in [5, 5.41) is 14.5. The molecule has 0 radical (unpaired) electrons. The van der Waals surface area contributed by atoms with Crippen LogP contribution in [0.1, 0.15) is 19.8 Å². The lowest BCUT2D eigenvalue weighted by atomic mass is 10.1.